The van der Waals surface area contributed by atoms with Crippen LogP contribution in [0.4, 0.5) is 5.82 Å². The molecule has 3 aromatic rings. The van der Waals surface area contributed by atoms with E-state index < -0.39 is 0 Å². The lowest BCUT2D eigenvalue weighted by atomic mass is 10.1. The van der Waals surface area contributed by atoms with Crippen molar-refractivity contribution < 1.29 is 4.74 Å². The highest BCUT2D eigenvalue weighted by Crippen LogP contribution is 2.13. The number of nitrogens with two attached hydrogens (primary N) is 1. The highest BCUT2D eigenvalue weighted by molar-refractivity contribution is 5.33. The topological polar surface area (TPSA) is 78.9 Å². The van der Waals surface area contributed by atoms with Crippen molar-refractivity contribution in [2.45, 2.75) is 13.2 Å². The highest BCUT2D eigenvalue weighted by Gasteiger charge is 2.00. The third-order valence-electron chi connectivity index (χ3n) is 2.98. The second-order valence-electron chi connectivity index (χ2n) is 4.62. The largest absolute Gasteiger partial charge is 0.487 e. The van der Waals surface area contributed by atoms with Crippen molar-refractivity contribution in [2.24, 2.45) is 0 Å². The molecule has 0 bridgehead atoms. The van der Waals surface area contributed by atoms with Gasteiger partial charge in [-0.1, -0.05) is 24.3 Å². The Hall–Kier alpha value is -2.89. The van der Waals surface area contributed by atoms with E-state index in [4.69, 9.17) is 10.5 Å². The van der Waals surface area contributed by atoms with Gasteiger partial charge in [-0.25, -0.2) is 0 Å². The number of hydrogen-bond donors (Lipinski definition) is 1. The average molecular weight is 281 g/mol. The Morgan fingerprint density at radius 3 is 2.67 bits per heavy atom. The fourth-order valence-corrected chi connectivity index (χ4v) is 1.93. The molecular formula is C15H15N5O. The van der Waals surface area contributed by atoms with Crippen molar-refractivity contribution in [2.75, 3.05) is 5.73 Å². The fourth-order valence-electron chi connectivity index (χ4n) is 1.93. The van der Waals surface area contributed by atoms with Crippen molar-refractivity contribution in [3.63, 3.8) is 0 Å². The first-order chi connectivity index (χ1) is 10.3. The van der Waals surface area contributed by atoms with Gasteiger partial charge in [0.25, 0.3) is 0 Å². The summed E-state index contributed by atoms with van der Waals surface area (Å²) in [5, 5.41) is 11.6. The minimum Gasteiger partial charge on any atom is -0.487 e. The second-order valence-corrected chi connectivity index (χ2v) is 4.62. The number of rotatable bonds is 5. The van der Waals surface area contributed by atoms with Crippen LogP contribution in [0.2, 0.25) is 0 Å². The minimum atomic E-state index is 0.349. The van der Waals surface area contributed by atoms with Crippen LogP contribution in [0.15, 0.2) is 55.0 Å². The van der Waals surface area contributed by atoms with E-state index in [0.29, 0.717) is 18.2 Å². The highest BCUT2D eigenvalue weighted by atomic mass is 16.5. The third-order valence-corrected chi connectivity index (χ3v) is 2.98. The molecule has 0 spiro atoms. The van der Waals surface area contributed by atoms with Gasteiger partial charge in [0.15, 0.2) is 0 Å². The lowest BCUT2D eigenvalue weighted by Crippen LogP contribution is -2.01. The molecule has 2 heterocycles. The predicted molar refractivity (Wildman–Crippen MR) is 78.5 cm³/mol. The van der Waals surface area contributed by atoms with Crippen molar-refractivity contribution >= 4 is 5.82 Å². The van der Waals surface area contributed by atoms with Crippen LogP contribution < -0.4 is 10.5 Å². The number of aromatic nitrogens is 4. The number of ether oxygens (including phenoxy) is 1. The number of nitrogen functional groups attached to an aromatic ring is 1. The Balaban J connectivity index is 1.59. The zero-order chi connectivity index (χ0) is 14.5. The third kappa shape index (κ3) is 3.56. The summed E-state index contributed by atoms with van der Waals surface area (Å²) in [5.41, 5.74) is 7.82. The van der Waals surface area contributed by atoms with Crippen LogP contribution in [-0.2, 0) is 13.2 Å². The SMILES string of the molecule is Nc1cc(OCc2ccc(Cn3cccn3)cc2)cnn1. The van der Waals surface area contributed by atoms with E-state index >= 15 is 0 Å². The zero-order valence-corrected chi connectivity index (χ0v) is 11.4. The van der Waals surface area contributed by atoms with E-state index in [1.807, 2.05) is 29.1 Å². The first kappa shape index (κ1) is 13.1. The first-order valence-corrected chi connectivity index (χ1v) is 6.56. The van der Waals surface area contributed by atoms with Crippen molar-refractivity contribution in [1.29, 1.82) is 0 Å². The van der Waals surface area contributed by atoms with Gasteiger partial charge in [-0.2, -0.15) is 10.2 Å². The Bertz CT molecular complexity index is 694. The normalized spacial score (nSPS) is 10.5. The summed E-state index contributed by atoms with van der Waals surface area (Å²) >= 11 is 0. The molecular weight excluding hydrogens is 266 g/mol. The summed E-state index contributed by atoms with van der Waals surface area (Å²) in [6, 6.07) is 11.8. The van der Waals surface area contributed by atoms with Crippen LogP contribution >= 0.6 is 0 Å². The van der Waals surface area contributed by atoms with Gasteiger partial charge in [0.2, 0.25) is 0 Å². The minimum absolute atomic E-state index is 0.349. The molecule has 6 nitrogen and oxygen atoms in total. The van der Waals surface area contributed by atoms with E-state index in [9.17, 15) is 0 Å². The molecule has 21 heavy (non-hydrogen) atoms. The van der Waals surface area contributed by atoms with Crippen molar-refractivity contribution in [3.8, 4) is 5.75 Å². The molecule has 0 radical (unpaired) electrons. The Kier molecular flexibility index (Phi) is 3.77. The molecule has 0 unspecified atom stereocenters. The number of hydrogen-bond acceptors (Lipinski definition) is 5. The number of nitrogens with zero attached hydrogens (tertiary/aromatic N) is 4. The van der Waals surface area contributed by atoms with Gasteiger partial charge in [0.1, 0.15) is 18.2 Å². The predicted octanol–water partition coefficient (Wildman–Crippen LogP) is 1.88. The van der Waals surface area contributed by atoms with E-state index in [1.54, 1.807) is 18.5 Å². The fraction of sp³-hybridized carbons (Fsp3) is 0.133. The molecule has 0 aliphatic rings. The van der Waals surface area contributed by atoms with Gasteiger partial charge < -0.3 is 10.5 Å². The summed E-state index contributed by atoms with van der Waals surface area (Å²) in [5.74, 6) is 0.963. The summed E-state index contributed by atoms with van der Waals surface area (Å²) in [6.45, 7) is 1.23. The van der Waals surface area contributed by atoms with Gasteiger partial charge in [0, 0.05) is 18.5 Å². The maximum Gasteiger partial charge on any atom is 0.149 e. The first-order valence-electron chi connectivity index (χ1n) is 6.56. The maximum atomic E-state index is 5.62. The smallest absolute Gasteiger partial charge is 0.149 e. The molecule has 0 fully saturated rings. The van der Waals surface area contributed by atoms with Crippen LogP contribution in [0.25, 0.3) is 0 Å². The Morgan fingerprint density at radius 2 is 1.95 bits per heavy atom. The molecule has 0 amide bonds. The zero-order valence-electron chi connectivity index (χ0n) is 11.4. The lowest BCUT2D eigenvalue weighted by molar-refractivity contribution is 0.304. The molecule has 2 N–H and O–H groups in total. The van der Waals surface area contributed by atoms with Crippen molar-refractivity contribution in [1.82, 2.24) is 20.0 Å². The van der Waals surface area contributed by atoms with E-state index in [2.05, 4.69) is 27.4 Å². The molecule has 3 rings (SSSR count). The molecule has 106 valence electrons. The molecule has 0 saturated carbocycles. The van der Waals surface area contributed by atoms with E-state index in [0.717, 1.165) is 12.1 Å². The van der Waals surface area contributed by atoms with E-state index in [1.165, 1.54) is 5.56 Å². The van der Waals surface area contributed by atoms with E-state index in [-0.39, 0.29) is 0 Å². The monoisotopic (exact) mass is 281 g/mol. The van der Waals surface area contributed by atoms with Crippen LogP contribution in [0.5, 0.6) is 5.75 Å². The molecule has 0 aliphatic heterocycles. The van der Waals surface area contributed by atoms with Crippen LogP contribution in [0, 0.1) is 0 Å². The molecule has 2 aromatic heterocycles. The summed E-state index contributed by atoms with van der Waals surface area (Å²) in [6.07, 6.45) is 5.26. The summed E-state index contributed by atoms with van der Waals surface area (Å²) in [4.78, 5) is 0. The van der Waals surface area contributed by atoms with Gasteiger partial charge in [0.05, 0.1) is 12.7 Å². The van der Waals surface area contributed by atoms with Crippen LogP contribution in [-0.4, -0.2) is 20.0 Å². The summed E-state index contributed by atoms with van der Waals surface area (Å²) in [7, 11) is 0. The number of anilines is 1. The van der Waals surface area contributed by atoms with Gasteiger partial charge in [-0.3, -0.25) is 4.68 Å². The Labute approximate surface area is 122 Å². The second kappa shape index (κ2) is 6.04. The molecule has 1 aromatic carbocycles. The quantitative estimate of drug-likeness (QED) is 0.772. The van der Waals surface area contributed by atoms with Crippen LogP contribution in [0.3, 0.4) is 0 Å². The molecule has 0 saturated heterocycles. The lowest BCUT2D eigenvalue weighted by Gasteiger charge is -2.07. The molecule has 6 heteroatoms. The van der Waals surface area contributed by atoms with Crippen molar-refractivity contribution in [3.05, 3.63) is 66.1 Å². The standard InChI is InChI=1S/C15H15N5O/c16-15-8-14(9-17-19-15)21-11-13-4-2-12(3-5-13)10-20-7-1-6-18-20/h1-9H,10-11H2,(H2,16,19). The molecule has 0 aliphatic carbocycles. The summed E-state index contributed by atoms with van der Waals surface area (Å²) < 4.78 is 7.50. The molecule has 0 atom stereocenters. The maximum absolute atomic E-state index is 5.62. The Morgan fingerprint density at radius 1 is 1.14 bits per heavy atom. The van der Waals surface area contributed by atoms with Gasteiger partial charge >= 0.3 is 0 Å². The van der Waals surface area contributed by atoms with Crippen LogP contribution in [0.1, 0.15) is 11.1 Å². The number of benzene rings is 1. The van der Waals surface area contributed by atoms with Gasteiger partial charge in [-0.15, -0.1) is 5.10 Å². The average Bonchev–Trinajstić information content (AvgIpc) is 3.00. The van der Waals surface area contributed by atoms with Gasteiger partial charge in [-0.05, 0) is 17.2 Å².